The van der Waals surface area contributed by atoms with Crippen molar-refractivity contribution in [1.82, 2.24) is 4.90 Å². The predicted molar refractivity (Wildman–Crippen MR) is 62.5 cm³/mol. The summed E-state index contributed by atoms with van der Waals surface area (Å²) in [5.74, 6) is -0.986. The fourth-order valence-electron chi connectivity index (χ4n) is 2.26. The van der Waals surface area contributed by atoms with Crippen LogP contribution in [-0.4, -0.2) is 48.7 Å². The highest BCUT2D eigenvalue weighted by atomic mass is 16.5. The number of carbonyl (C=O) groups is 2. The number of nitrogens with zero attached hydrogens (tertiary/aromatic N) is 1. The largest absolute Gasteiger partial charge is 0.481 e. The quantitative estimate of drug-likeness (QED) is 0.777. The van der Waals surface area contributed by atoms with E-state index in [9.17, 15) is 9.59 Å². The van der Waals surface area contributed by atoms with Crippen molar-refractivity contribution in [3.63, 3.8) is 0 Å². The highest BCUT2D eigenvalue weighted by molar-refractivity contribution is 5.79. The average Bonchev–Trinajstić information content (AvgIpc) is 2.60. The monoisotopic (exact) mass is 243 g/mol. The number of hydrogen-bond donors (Lipinski definition) is 1. The van der Waals surface area contributed by atoms with Crippen LogP contribution in [0.1, 0.15) is 20.3 Å². The van der Waals surface area contributed by atoms with Crippen molar-refractivity contribution < 1.29 is 19.4 Å². The van der Waals surface area contributed by atoms with Crippen molar-refractivity contribution in [1.29, 1.82) is 0 Å². The van der Waals surface area contributed by atoms with E-state index < -0.39 is 11.9 Å². The zero-order chi connectivity index (χ0) is 13.0. The molecule has 1 fully saturated rings. The third kappa shape index (κ3) is 3.70. The molecule has 1 amide bonds. The average molecular weight is 243 g/mol. The summed E-state index contributed by atoms with van der Waals surface area (Å²) in [6.45, 7) is 5.28. The van der Waals surface area contributed by atoms with Crippen LogP contribution in [0, 0.1) is 17.8 Å². The van der Waals surface area contributed by atoms with Crippen LogP contribution in [0.15, 0.2) is 0 Å². The summed E-state index contributed by atoms with van der Waals surface area (Å²) in [6.07, 6.45) is 0.424. The molecule has 5 heteroatoms. The topological polar surface area (TPSA) is 66.8 Å². The highest BCUT2D eigenvalue weighted by Crippen LogP contribution is 2.24. The lowest BCUT2D eigenvalue weighted by atomic mass is 9.99. The maximum Gasteiger partial charge on any atom is 0.308 e. The van der Waals surface area contributed by atoms with Crippen molar-refractivity contribution >= 4 is 11.9 Å². The van der Waals surface area contributed by atoms with E-state index >= 15 is 0 Å². The lowest BCUT2D eigenvalue weighted by molar-refractivity contribution is -0.142. The molecule has 0 saturated carbocycles. The van der Waals surface area contributed by atoms with Crippen LogP contribution in [0.25, 0.3) is 0 Å². The van der Waals surface area contributed by atoms with Crippen LogP contribution >= 0.6 is 0 Å². The Labute approximate surface area is 102 Å². The molecule has 1 N–H and O–H groups in total. The lowest BCUT2D eigenvalue weighted by Gasteiger charge is -2.18. The van der Waals surface area contributed by atoms with Crippen molar-refractivity contribution in [2.24, 2.45) is 17.8 Å². The summed E-state index contributed by atoms with van der Waals surface area (Å²) in [5, 5.41) is 8.99. The van der Waals surface area contributed by atoms with Crippen LogP contribution in [-0.2, 0) is 14.3 Å². The van der Waals surface area contributed by atoms with Crippen molar-refractivity contribution in [2.45, 2.75) is 20.3 Å². The van der Waals surface area contributed by atoms with E-state index in [2.05, 4.69) is 0 Å². The number of ether oxygens (including phenoxy) is 1. The molecule has 3 unspecified atom stereocenters. The Balaban J connectivity index is 2.47. The van der Waals surface area contributed by atoms with Gasteiger partial charge in [0, 0.05) is 33.2 Å². The van der Waals surface area contributed by atoms with Gasteiger partial charge in [-0.1, -0.05) is 13.8 Å². The van der Waals surface area contributed by atoms with Crippen molar-refractivity contribution in [3.05, 3.63) is 0 Å². The number of carboxylic acid groups (broad SMARTS) is 1. The van der Waals surface area contributed by atoms with E-state index in [0.717, 1.165) is 0 Å². The number of likely N-dealkylation sites (tertiary alicyclic amines) is 1. The Morgan fingerprint density at radius 3 is 2.59 bits per heavy atom. The molecule has 1 heterocycles. The smallest absolute Gasteiger partial charge is 0.308 e. The summed E-state index contributed by atoms with van der Waals surface area (Å²) >= 11 is 0. The van der Waals surface area contributed by atoms with Gasteiger partial charge in [-0.2, -0.15) is 0 Å². The van der Waals surface area contributed by atoms with Gasteiger partial charge in [-0.05, 0) is 11.8 Å². The molecule has 5 nitrogen and oxygen atoms in total. The molecule has 1 rings (SSSR count). The Morgan fingerprint density at radius 2 is 2.12 bits per heavy atom. The highest BCUT2D eigenvalue weighted by Gasteiger charge is 2.36. The molecule has 0 aromatic heterocycles. The van der Waals surface area contributed by atoms with Crippen LogP contribution in [0.5, 0.6) is 0 Å². The number of hydrogen-bond acceptors (Lipinski definition) is 3. The second-order valence-electron chi connectivity index (χ2n) is 4.99. The Hall–Kier alpha value is -1.10. The van der Waals surface area contributed by atoms with E-state index in [1.807, 2.05) is 13.8 Å². The zero-order valence-electron chi connectivity index (χ0n) is 10.7. The third-order valence-electron chi connectivity index (χ3n) is 3.26. The number of rotatable bonds is 5. The first kappa shape index (κ1) is 14.0. The van der Waals surface area contributed by atoms with Gasteiger partial charge >= 0.3 is 5.97 Å². The zero-order valence-corrected chi connectivity index (χ0v) is 10.7. The molecule has 98 valence electrons. The van der Waals surface area contributed by atoms with Crippen LogP contribution in [0.4, 0.5) is 0 Å². The summed E-state index contributed by atoms with van der Waals surface area (Å²) in [7, 11) is 1.61. The Bertz CT molecular complexity index is 292. The molecule has 0 aromatic carbocycles. The van der Waals surface area contributed by atoms with E-state index in [1.54, 1.807) is 12.0 Å². The molecule has 1 aliphatic rings. The minimum Gasteiger partial charge on any atom is -0.481 e. The summed E-state index contributed by atoms with van der Waals surface area (Å²) in [4.78, 5) is 24.5. The van der Waals surface area contributed by atoms with Crippen LogP contribution in [0.2, 0.25) is 0 Å². The first-order valence-corrected chi connectivity index (χ1v) is 5.95. The molecule has 1 aliphatic heterocycles. The summed E-state index contributed by atoms with van der Waals surface area (Å²) < 4.78 is 4.98. The van der Waals surface area contributed by atoms with E-state index in [0.29, 0.717) is 26.1 Å². The summed E-state index contributed by atoms with van der Waals surface area (Å²) in [6, 6.07) is 0. The molecule has 0 radical (unpaired) electrons. The van der Waals surface area contributed by atoms with Gasteiger partial charge < -0.3 is 14.7 Å². The van der Waals surface area contributed by atoms with Gasteiger partial charge in [-0.25, -0.2) is 0 Å². The molecule has 17 heavy (non-hydrogen) atoms. The first-order chi connectivity index (χ1) is 7.95. The number of methoxy groups -OCH3 is 1. The van der Waals surface area contributed by atoms with E-state index in [4.69, 9.17) is 9.84 Å². The molecule has 0 spiro atoms. The van der Waals surface area contributed by atoms with Gasteiger partial charge in [0.1, 0.15) is 0 Å². The molecule has 1 saturated heterocycles. The minimum atomic E-state index is -0.808. The molecule has 0 aliphatic carbocycles. The number of carbonyl (C=O) groups excluding carboxylic acids is 1. The summed E-state index contributed by atoms with van der Waals surface area (Å²) in [5.41, 5.74) is 0. The van der Waals surface area contributed by atoms with Crippen molar-refractivity contribution in [2.75, 3.05) is 26.8 Å². The molecule has 0 aromatic rings. The molecule has 0 bridgehead atoms. The predicted octanol–water partition coefficient (Wildman–Crippen LogP) is 0.838. The fraction of sp³-hybridized carbons (Fsp3) is 0.833. The van der Waals surface area contributed by atoms with E-state index in [-0.39, 0.29) is 17.7 Å². The van der Waals surface area contributed by atoms with Gasteiger partial charge in [-0.3, -0.25) is 9.59 Å². The molecular formula is C12H21NO4. The van der Waals surface area contributed by atoms with Crippen LogP contribution < -0.4 is 0 Å². The Morgan fingerprint density at radius 1 is 1.47 bits per heavy atom. The van der Waals surface area contributed by atoms with Gasteiger partial charge in [0.25, 0.3) is 0 Å². The van der Waals surface area contributed by atoms with Gasteiger partial charge in [0.15, 0.2) is 0 Å². The third-order valence-corrected chi connectivity index (χ3v) is 3.26. The van der Waals surface area contributed by atoms with Crippen molar-refractivity contribution in [3.8, 4) is 0 Å². The SMILES string of the molecule is COCC(C)CC(=O)N1CC(C)C(C(=O)O)C1. The number of amides is 1. The molecular weight excluding hydrogens is 222 g/mol. The number of carboxylic acids is 1. The maximum absolute atomic E-state index is 11.9. The van der Waals surface area contributed by atoms with E-state index in [1.165, 1.54) is 0 Å². The Kier molecular flexibility index (Phi) is 4.93. The number of aliphatic carboxylic acids is 1. The van der Waals surface area contributed by atoms with Gasteiger partial charge in [-0.15, -0.1) is 0 Å². The van der Waals surface area contributed by atoms with Gasteiger partial charge in [0.2, 0.25) is 5.91 Å². The standard InChI is InChI=1S/C12H21NO4/c1-8(7-17-3)4-11(14)13-5-9(2)10(6-13)12(15)16/h8-10H,4-7H2,1-3H3,(H,15,16). The normalized spacial score (nSPS) is 25.9. The first-order valence-electron chi connectivity index (χ1n) is 5.95. The lowest BCUT2D eigenvalue weighted by Crippen LogP contribution is -2.31. The molecule has 3 atom stereocenters. The van der Waals surface area contributed by atoms with Gasteiger partial charge in [0.05, 0.1) is 5.92 Å². The minimum absolute atomic E-state index is 0.0325. The fourth-order valence-corrected chi connectivity index (χ4v) is 2.26. The maximum atomic E-state index is 11.9. The van der Waals surface area contributed by atoms with Crippen LogP contribution in [0.3, 0.4) is 0 Å². The second kappa shape index (κ2) is 6.00. The second-order valence-corrected chi connectivity index (χ2v) is 4.99.